The maximum atomic E-state index is 12.1. The molecule has 1 amide bonds. The van der Waals surface area contributed by atoms with Crippen molar-refractivity contribution in [3.8, 4) is 5.75 Å². The Morgan fingerprint density at radius 1 is 0.800 bits per heavy atom. The van der Waals surface area contributed by atoms with Crippen LogP contribution in [0.2, 0.25) is 0 Å². The van der Waals surface area contributed by atoms with Crippen LogP contribution in [0.15, 0.2) is 84.9 Å². The Hall–Kier alpha value is -3.07. The van der Waals surface area contributed by atoms with Crippen LogP contribution in [0.25, 0.3) is 0 Å². The van der Waals surface area contributed by atoms with Crippen LogP contribution in [0.5, 0.6) is 5.75 Å². The molecule has 0 aliphatic rings. The molecule has 0 aliphatic carbocycles. The Kier molecular flexibility index (Phi) is 5.83. The molecule has 25 heavy (non-hydrogen) atoms. The molecule has 3 nitrogen and oxygen atoms in total. The first-order chi connectivity index (χ1) is 12.3. The van der Waals surface area contributed by atoms with Gasteiger partial charge in [-0.2, -0.15) is 0 Å². The summed E-state index contributed by atoms with van der Waals surface area (Å²) >= 11 is 0. The Morgan fingerprint density at radius 2 is 1.48 bits per heavy atom. The van der Waals surface area contributed by atoms with Crippen LogP contribution in [-0.2, 0) is 17.8 Å². The highest BCUT2D eigenvalue weighted by Gasteiger charge is 2.04. The number of nitrogens with one attached hydrogen (secondary N) is 1. The summed E-state index contributed by atoms with van der Waals surface area (Å²) in [6.45, 7) is 0.506. The first-order valence-corrected chi connectivity index (χ1v) is 8.40. The molecule has 0 unspecified atom stereocenters. The molecule has 126 valence electrons. The van der Waals surface area contributed by atoms with Gasteiger partial charge < -0.3 is 10.1 Å². The van der Waals surface area contributed by atoms with Gasteiger partial charge in [0.2, 0.25) is 5.91 Å². The zero-order chi connectivity index (χ0) is 17.3. The van der Waals surface area contributed by atoms with E-state index in [1.165, 1.54) is 0 Å². The quantitative estimate of drug-likeness (QED) is 0.673. The number of ether oxygens (including phenoxy) is 1. The van der Waals surface area contributed by atoms with Gasteiger partial charge in [0, 0.05) is 18.2 Å². The average molecular weight is 331 g/mol. The van der Waals surface area contributed by atoms with E-state index in [2.05, 4.69) is 5.32 Å². The number of carbonyl (C=O) groups is 1. The van der Waals surface area contributed by atoms with Crippen LogP contribution in [0.4, 0.5) is 5.69 Å². The Bertz CT molecular complexity index is 801. The van der Waals surface area contributed by atoms with Crippen LogP contribution >= 0.6 is 0 Å². The lowest BCUT2D eigenvalue weighted by atomic mass is 10.1. The molecule has 3 heteroatoms. The van der Waals surface area contributed by atoms with E-state index in [-0.39, 0.29) is 5.91 Å². The van der Waals surface area contributed by atoms with Gasteiger partial charge in [0.1, 0.15) is 12.4 Å². The third-order valence-electron chi connectivity index (χ3n) is 3.85. The summed E-state index contributed by atoms with van der Waals surface area (Å²) in [5, 5.41) is 2.93. The van der Waals surface area contributed by atoms with Crippen molar-refractivity contribution in [1.82, 2.24) is 0 Å². The van der Waals surface area contributed by atoms with Crippen LogP contribution in [-0.4, -0.2) is 5.91 Å². The smallest absolute Gasteiger partial charge is 0.224 e. The van der Waals surface area contributed by atoms with Crippen LogP contribution in [0, 0.1) is 0 Å². The summed E-state index contributed by atoms with van der Waals surface area (Å²) in [6.07, 6.45) is 1.19. The summed E-state index contributed by atoms with van der Waals surface area (Å²) in [6, 6.07) is 27.5. The zero-order valence-corrected chi connectivity index (χ0v) is 14.0. The second-order valence-corrected chi connectivity index (χ2v) is 5.84. The summed E-state index contributed by atoms with van der Waals surface area (Å²) in [4.78, 5) is 12.1. The van der Waals surface area contributed by atoms with Gasteiger partial charge in [0.25, 0.3) is 0 Å². The number of hydrogen-bond donors (Lipinski definition) is 1. The number of benzene rings is 3. The van der Waals surface area contributed by atoms with Crippen LogP contribution in [0.3, 0.4) is 0 Å². The molecule has 0 saturated heterocycles. The molecule has 0 saturated carbocycles. The van der Waals surface area contributed by atoms with Gasteiger partial charge in [-0.05, 0) is 29.7 Å². The second kappa shape index (κ2) is 8.69. The van der Waals surface area contributed by atoms with Crippen molar-refractivity contribution in [2.45, 2.75) is 19.4 Å². The lowest BCUT2D eigenvalue weighted by molar-refractivity contribution is -0.116. The maximum absolute atomic E-state index is 12.1. The predicted molar refractivity (Wildman–Crippen MR) is 101 cm³/mol. The van der Waals surface area contributed by atoms with E-state index in [9.17, 15) is 4.79 Å². The van der Waals surface area contributed by atoms with Crippen molar-refractivity contribution in [1.29, 1.82) is 0 Å². The lowest BCUT2D eigenvalue weighted by Crippen LogP contribution is -2.12. The van der Waals surface area contributed by atoms with Gasteiger partial charge in [-0.3, -0.25) is 4.79 Å². The molecule has 0 heterocycles. The minimum Gasteiger partial charge on any atom is -0.489 e. The van der Waals surface area contributed by atoms with Crippen molar-refractivity contribution in [3.05, 3.63) is 96.1 Å². The molecule has 0 aliphatic heterocycles. The van der Waals surface area contributed by atoms with E-state index in [0.717, 1.165) is 29.0 Å². The number of rotatable bonds is 7. The Labute approximate surface area is 148 Å². The summed E-state index contributed by atoms with van der Waals surface area (Å²) in [7, 11) is 0. The van der Waals surface area contributed by atoms with Crippen LogP contribution in [0.1, 0.15) is 17.5 Å². The average Bonchev–Trinajstić information content (AvgIpc) is 2.67. The number of aryl methyl sites for hydroxylation is 1. The second-order valence-electron chi connectivity index (χ2n) is 5.84. The first kappa shape index (κ1) is 16.8. The highest BCUT2D eigenvalue weighted by Crippen LogP contribution is 2.19. The molecule has 3 aromatic rings. The zero-order valence-electron chi connectivity index (χ0n) is 14.0. The molecular weight excluding hydrogens is 310 g/mol. The number of carbonyl (C=O) groups excluding carboxylic acids is 1. The molecule has 3 aromatic carbocycles. The highest BCUT2D eigenvalue weighted by atomic mass is 16.5. The number of hydrogen-bond acceptors (Lipinski definition) is 2. The predicted octanol–water partition coefficient (Wildman–Crippen LogP) is 4.84. The van der Waals surface area contributed by atoms with Gasteiger partial charge in [-0.25, -0.2) is 0 Å². The van der Waals surface area contributed by atoms with E-state index in [0.29, 0.717) is 13.0 Å². The lowest BCUT2D eigenvalue weighted by Gasteiger charge is -2.09. The molecule has 0 spiro atoms. The fourth-order valence-corrected chi connectivity index (χ4v) is 2.53. The summed E-state index contributed by atoms with van der Waals surface area (Å²) < 4.78 is 5.79. The topological polar surface area (TPSA) is 38.3 Å². The van der Waals surface area contributed by atoms with Crippen molar-refractivity contribution in [2.75, 3.05) is 5.32 Å². The molecule has 3 rings (SSSR count). The molecule has 0 atom stereocenters. The van der Waals surface area contributed by atoms with E-state index in [1.807, 2.05) is 84.9 Å². The van der Waals surface area contributed by atoms with Crippen molar-refractivity contribution in [2.24, 2.45) is 0 Å². The molecule has 0 radical (unpaired) electrons. The van der Waals surface area contributed by atoms with E-state index in [4.69, 9.17) is 4.74 Å². The first-order valence-electron chi connectivity index (χ1n) is 8.40. The van der Waals surface area contributed by atoms with Crippen LogP contribution < -0.4 is 10.1 Å². The van der Waals surface area contributed by atoms with Crippen molar-refractivity contribution >= 4 is 11.6 Å². The van der Waals surface area contributed by atoms with E-state index < -0.39 is 0 Å². The molecule has 0 fully saturated rings. The van der Waals surface area contributed by atoms with Gasteiger partial charge in [-0.15, -0.1) is 0 Å². The van der Waals surface area contributed by atoms with Crippen molar-refractivity contribution in [3.63, 3.8) is 0 Å². The Morgan fingerprint density at radius 3 is 2.20 bits per heavy atom. The minimum absolute atomic E-state index is 0.00376. The molecule has 0 aromatic heterocycles. The molecule has 0 bridgehead atoms. The van der Waals surface area contributed by atoms with Gasteiger partial charge in [-0.1, -0.05) is 66.7 Å². The van der Waals surface area contributed by atoms with E-state index in [1.54, 1.807) is 0 Å². The number of amides is 1. The third kappa shape index (κ3) is 5.50. The summed E-state index contributed by atoms with van der Waals surface area (Å²) in [5.41, 5.74) is 3.03. The van der Waals surface area contributed by atoms with Gasteiger partial charge in [0.15, 0.2) is 0 Å². The minimum atomic E-state index is 0.00376. The molecular formula is C22H21NO2. The van der Waals surface area contributed by atoms with E-state index >= 15 is 0 Å². The normalized spacial score (nSPS) is 10.2. The fourth-order valence-electron chi connectivity index (χ4n) is 2.53. The fraction of sp³-hybridized carbons (Fsp3) is 0.136. The Balaban J connectivity index is 1.51. The van der Waals surface area contributed by atoms with Gasteiger partial charge in [0.05, 0.1) is 0 Å². The standard InChI is InChI=1S/C22H21NO2/c24-22(15-14-18-8-3-1-4-9-18)23-20-12-7-13-21(16-20)25-17-19-10-5-2-6-11-19/h1-13,16H,14-15,17H2,(H,23,24). The number of anilines is 1. The van der Waals surface area contributed by atoms with Gasteiger partial charge >= 0.3 is 0 Å². The largest absolute Gasteiger partial charge is 0.489 e. The maximum Gasteiger partial charge on any atom is 0.224 e. The molecule has 1 N–H and O–H groups in total. The summed E-state index contributed by atoms with van der Waals surface area (Å²) in [5.74, 6) is 0.744. The highest BCUT2D eigenvalue weighted by molar-refractivity contribution is 5.91. The third-order valence-corrected chi connectivity index (χ3v) is 3.85. The monoisotopic (exact) mass is 331 g/mol. The SMILES string of the molecule is O=C(CCc1ccccc1)Nc1cccc(OCc2ccccc2)c1. The van der Waals surface area contributed by atoms with Crippen molar-refractivity contribution < 1.29 is 9.53 Å².